The van der Waals surface area contributed by atoms with E-state index in [1.165, 1.54) is 23.1 Å². The number of rotatable bonds is 7. The van der Waals surface area contributed by atoms with Crippen molar-refractivity contribution >= 4 is 16.8 Å². The van der Waals surface area contributed by atoms with Gasteiger partial charge in [0.2, 0.25) is 5.91 Å². The van der Waals surface area contributed by atoms with Crippen molar-refractivity contribution in [3.05, 3.63) is 66.1 Å². The second kappa shape index (κ2) is 10.4. The van der Waals surface area contributed by atoms with Crippen LogP contribution in [0.15, 0.2) is 54.7 Å². The first-order chi connectivity index (χ1) is 17.0. The summed E-state index contributed by atoms with van der Waals surface area (Å²) in [6.07, 6.45) is 2.21. The smallest absolute Gasteiger partial charge is 0.225 e. The summed E-state index contributed by atoms with van der Waals surface area (Å²) in [7, 11) is 2.08. The Morgan fingerprint density at radius 1 is 1.09 bits per heavy atom. The van der Waals surface area contributed by atoms with Crippen LogP contribution in [0.2, 0.25) is 0 Å². The van der Waals surface area contributed by atoms with Crippen LogP contribution in [0.4, 0.5) is 4.39 Å². The predicted octanol–water partition coefficient (Wildman–Crippen LogP) is 3.12. The van der Waals surface area contributed by atoms with Crippen LogP contribution in [0, 0.1) is 5.82 Å². The Hall–Kier alpha value is -2.94. The second-order valence-corrected chi connectivity index (χ2v) is 9.70. The first kappa shape index (κ1) is 23.8. The lowest BCUT2D eigenvalue weighted by Crippen LogP contribution is -2.58. The first-order valence-electron chi connectivity index (χ1n) is 12.3. The molecule has 0 aliphatic carbocycles. The molecule has 2 fully saturated rings. The number of amides is 1. The lowest BCUT2D eigenvalue weighted by Gasteiger charge is -2.43. The molecule has 0 bridgehead atoms. The molecule has 35 heavy (non-hydrogen) atoms. The zero-order chi connectivity index (χ0) is 24.3. The molecule has 3 aromatic rings. The molecule has 5 rings (SSSR count). The van der Waals surface area contributed by atoms with Crippen LogP contribution in [-0.4, -0.2) is 90.7 Å². The first-order valence-corrected chi connectivity index (χ1v) is 12.3. The van der Waals surface area contributed by atoms with Crippen molar-refractivity contribution in [1.82, 2.24) is 19.7 Å². The molecule has 1 aromatic heterocycles. The van der Waals surface area contributed by atoms with Crippen molar-refractivity contribution < 1.29 is 18.7 Å². The number of carbonyl (C=O) groups is 1. The van der Waals surface area contributed by atoms with Crippen LogP contribution in [-0.2, 0) is 16.1 Å². The minimum absolute atomic E-state index is 0.0930. The van der Waals surface area contributed by atoms with E-state index in [9.17, 15) is 9.18 Å². The van der Waals surface area contributed by atoms with E-state index < -0.39 is 5.60 Å². The number of nitrogens with one attached hydrogen (secondary N) is 1. The highest BCUT2D eigenvalue weighted by atomic mass is 19.1. The Kier molecular flexibility index (Phi) is 7.04. The lowest BCUT2D eigenvalue weighted by molar-refractivity contribution is -0.157. The Morgan fingerprint density at radius 3 is 2.69 bits per heavy atom. The van der Waals surface area contributed by atoms with E-state index in [1.807, 2.05) is 11.1 Å². The fourth-order valence-electron chi connectivity index (χ4n) is 5.02. The molecule has 2 aliphatic rings. The molecule has 1 unspecified atom stereocenters. The van der Waals surface area contributed by atoms with Crippen molar-refractivity contribution in [1.29, 1.82) is 0 Å². The maximum Gasteiger partial charge on any atom is 0.225 e. The summed E-state index contributed by atoms with van der Waals surface area (Å²) >= 11 is 0. The van der Waals surface area contributed by atoms with Gasteiger partial charge in [-0.2, -0.15) is 0 Å². The summed E-state index contributed by atoms with van der Waals surface area (Å²) < 4.78 is 25.8. The van der Waals surface area contributed by atoms with Crippen molar-refractivity contribution in [3.63, 3.8) is 0 Å². The van der Waals surface area contributed by atoms with Gasteiger partial charge in [0.1, 0.15) is 23.8 Å². The number of hydrogen-bond donors (Lipinski definition) is 1. The molecular formula is C27H33FN4O3. The number of aromatic nitrogens is 1. The van der Waals surface area contributed by atoms with E-state index in [0.717, 1.165) is 44.8 Å². The highest BCUT2D eigenvalue weighted by molar-refractivity contribution is 5.82. The van der Waals surface area contributed by atoms with Crippen LogP contribution in [0.1, 0.15) is 12.0 Å². The van der Waals surface area contributed by atoms with Gasteiger partial charge in [-0.3, -0.25) is 9.69 Å². The minimum Gasteiger partial charge on any atom is -0.491 e. The Morgan fingerprint density at radius 2 is 1.89 bits per heavy atom. The topological polar surface area (TPSA) is 61.0 Å². The van der Waals surface area contributed by atoms with Gasteiger partial charge in [0.15, 0.2) is 0 Å². The summed E-state index contributed by atoms with van der Waals surface area (Å²) in [5.41, 5.74) is 1.58. The Labute approximate surface area is 205 Å². The maximum atomic E-state index is 13.4. The SMILES string of the molecule is CN1CCN(C(=O)CC2(COc3ccc(F)cc3)CN(Cc3cccc4[nH]ccc34)CCO2)CC1. The van der Waals surface area contributed by atoms with Gasteiger partial charge < -0.3 is 24.3 Å². The van der Waals surface area contributed by atoms with Crippen molar-refractivity contribution in [2.45, 2.75) is 18.6 Å². The summed E-state index contributed by atoms with van der Waals surface area (Å²) in [5.74, 6) is 0.349. The van der Waals surface area contributed by atoms with Crippen molar-refractivity contribution in [2.75, 3.05) is 59.5 Å². The van der Waals surface area contributed by atoms with E-state index in [0.29, 0.717) is 18.9 Å². The number of hydrogen-bond acceptors (Lipinski definition) is 5. The molecule has 2 aromatic carbocycles. The third-order valence-corrected chi connectivity index (χ3v) is 7.05. The summed E-state index contributed by atoms with van der Waals surface area (Å²) in [6, 6.07) is 14.4. The Bertz CT molecular complexity index is 1140. The molecule has 3 heterocycles. The average molecular weight is 481 g/mol. The number of aromatic amines is 1. The van der Waals surface area contributed by atoms with Crippen molar-refractivity contribution in [2.24, 2.45) is 0 Å². The van der Waals surface area contributed by atoms with E-state index in [1.54, 1.807) is 12.1 Å². The number of H-pyrrole nitrogens is 1. The molecule has 186 valence electrons. The number of piperazine rings is 1. The quantitative estimate of drug-likeness (QED) is 0.563. The molecule has 1 amide bonds. The number of morpholine rings is 1. The summed E-state index contributed by atoms with van der Waals surface area (Å²) in [5, 5.41) is 1.21. The molecule has 8 heteroatoms. The van der Waals surface area contributed by atoms with Gasteiger partial charge in [-0.1, -0.05) is 12.1 Å². The largest absolute Gasteiger partial charge is 0.491 e. The monoisotopic (exact) mass is 480 g/mol. The Balaban J connectivity index is 1.33. The van der Waals surface area contributed by atoms with Gasteiger partial charge in [-0.15, -0.1) is 0 Å². The number of carbonyl (C=O) groups excluding carboxylic acids is 1. The number of nitrogens with zero attached hydrogens (tertiary/aromatic N) is 3. The van der Waals surface area contributed by atoms with Crippen LogP contribution in [0.3, 0.4) is 0 Å². The lowest BCUT2D eigenvalue weighted by atomic mass is 9.96. The van der Waals surface area contributed by atoms with Crippen LogP contribution in [0.5, 0.6) is 5.75 Å². The molecule has 1 N–H and O–H groups in total. The van der Waals surface area contributed by atoms with E-state index >= 15 is 0 Å². The normalized spacial score (nSPS) is 21.9. The summed E-state index contributed by atoms with van der Waals surface area (Å²) in [6.45, 7) is 6.06. The van der Waals surface area contributed by atoms with Gasteiger partial charge in [0, 0.05) is 62.9 Å². The van der Waals surface area contributed by atoms with Gasteiger partial charge >= 0.3 is 0 Å². The fraction of sp³-hybridized carbons (Fsp3) is 0.444. The van der Waals surface area contributed by atoms with Gasteiger partial charge in [0.25, 0.3) is 0 Å². The van der Waals surface area contributed by atoms with E-state index in [2.05, 4.69) is 46.1 Å². The number of likely N-dealkylation sites (N-methyl/N-ethyl adjacent to an activating group) is 1. The van der Waals surface area contributed by atoms with E-state index in [4.69, 9.17) is 9.47 Å². The molecule has 7 nitrogen and oxygen atoms in total. The highest BCUT2D eigenvalue weighted by Gasteiger charge is 2.41. The summed E-state index contributed by atoms with van der Waals surface area (Å²) in [4.78, 5) is 23.1. The number of ether oxygens (including phenoxy) is 2. The predicted molar refractivity (Wildman–Crippen MR) is 133 cm³/mol. The molecular weight excluding hydrogens is 447 g/mol. The van der Waals surface area contributed by atoms with Gasteiger partial charge in [-0.25, -0.2) is 4.39 Å². The maximum absolute atomic E-state index is 13.4. The van der Waals surface area contributed by atoms with E-state index in [-0.39, 0.29) is 24.8 Å². The van der Waals surface area contributed by atoms with Crippen LogP contribution < -0.4 is 4.74 Å². The minimum atomic E-state index is -0.779. The van der Waals surface area contributed by atoms with Crippen molar-refractivity contribution in [3.8, 4) is 5.75 Å². The average Bonchev–Trinajstić information content (AvgIpc) is 3.34. The van der Waals surface area contributed by atoms with Gasteiger partial charge in [-0.05, 0) is 49.0 Å². The van der Waals surface area contributed by atoms with Crippen LogP contribution in [0.25, 0.3) is 10.9 Å². The number of fused-ring (bicyclic) bond motifs is 1. The van der Waals surface area contributed by atoms with Gasteiger partial charge in [0.05, 0.1) is 13.0 Å². The van der Waals surface area contributed by atoms with Crippen LogP contribution >= 0.6 is 0 Å². The molecule has 2 aliphatic heterocycles. The third-order valence-electron chi connectivity index (χ3n) is 7.05. The molecule has 0 radical (unpaired) electrons. The second-order valence-electron chi connectivity index (χ2n) is 9.70. The molecule has 1 atom stereocenters. The number of halogens is 1. The number of benzene rings is 2. The standard InChI is InChI=1S/C27H33FN4O3/c1-30-11-13-32(14-12-30)26(33)17-27(20-34-23-7-5-22(28)6-8-23)19-31(15-16-35-27)18-21-3-2-4-25-24(21)9-10-29-25/h2-10,29H,11-20H2,1H3. The zero-order valence-corrected chi connectivity index (χ0v) is 20.2. The molecule has 0 saturated carbocycles. The highest BCUT2D eigenvalue weighted by Crippen LogP contribution is 2.28. The molecule has 2 saturated heterocycles. The third kappa shape index (κ3) is 5.66. The zero-order valence-electron chi connectivity index (χ0n) is 20.2. The fourth-order valence-corrected chi connectivity index (χ4v) is 5.02. The molecule has 0 spiro atoms.